The molecule has 2 unspecified atom stereocenters. The third kappa shape index (κ3) is 70.3. The molecule has 0 amide bonds. The first-order valence-corrected chi connectivity index (χ1v) is 42.8. The number of esters is 4. The van der Waals surface area contributed by atoms with E-state index in [-0.39, 0.29) is 25.7 Å². The highest BCUT2D eigenvalue weighted by molar-refractivity contribution is 7.47. The van der Waals surface area contributed by atoms with Crippen LogP contribution >= 0.6 is 15.6 Å². The maximum Gasteiger partial charge on any atom is 0.472 e. The van der Waals surface area contributed by atoms with Crippen LogP contribution in [0.25, 0.3) is 0 Å². The molecular formula is C76H148O17P2. The number of aliphatic hydroxyl groups is 1. The summed E-state index contributed by atoms with van der Waals surface area (Å²) in [4.78, 5) is 72.8. The van der Waals surface area contributed by atoms with Crippen LogP contribution in [-0.4, -0.2) is 96.7 Å². The van der Waals surface area contributed by atoms with E-state index in [2.05, 4.69) is 27.7 Å². The van der Waals surface area contributed by atoms with Crippen LogP contribution in [0.1, 0.15) is 407 Å². The number of phosphoric ester groups is 2. The van der Waals surface area contributed by atoms with Gasteiger partial charge in [-0.1, -0.05) is 355 Å². The first-order valence-electron chi connectivity index (χ1n) is 39.8. The molecule has 0 spiro atoms. The second kappa shape index (κ2) is 70.5. The van der Waals surface area contributed by atoms with Gasteiger partial charge in [0.25, 0.3) is 0 Å². The van der Waals surface area contributed by atoms with E-state index in [0.717, 1.165) is 89.9 Å². The van der Waals surface area contributed by atoms with E-state index in [1.807, 2.05) is 0 Å². The molecule has 3 N–H and O–H groups in total. The number of aliphatic hydroxyl groups excluding tert-OH is 1. The molecule has 0 fully saturated rings. The fourth-order valence-electron chi connectivity index (χ4n) is 11.8. The minimum atomic E-state index is -4.96. The van der Waals surface area contributed by atoms with Crippen molar-refractivity contribution in [1.82, 2.24) is 0 Å². The average Bonchev–Trinajstić information content (AvgIpc) is 1.89. The van der Waals surface area contributed by atoms with Crippen LogP contribution < -0.4 is 0 Å². The number of ether oxygens (including phenoxy) is 4. The fraction of sp³-hybridized carbons (Fsp3) is 0.947. The number of carbonyl (C=O) groups is 4. The van der Waals surface area contributed by atoms with Gasteiger partial charge in [0.15, 0.2) is 12.2 Å². The number of carbonyl (C=O) groups excluding carboxylic acids is 4. The Bertz CT molecular complexity index is 1810. The van der Waals surface area contributed by atoms with Crippen molar-refractivity contribution in [2.75, 3.05) is 39.6 Å². The molecule has 17 nitrogen and oxygen atoms in total. The first kappa shape index (κ1) is 93.1. The van der Waals surface area contributed by atoms with Crippen molar-refractivity contribution in [2.24, 2.45) is 0 Å². The van der Waals surface area contributed by atoms with Crippen molar-refractivity contribution < 1.29 is 80.2 Å². The molecule has 0 rings (SSSR count). The molecule has 19 heteroatoms. The maximum atomic E-state index is 13.1. The van der Waals surface area contributed by atoms with Gasteiger partial charge in [0, 0.05) is 25.7 Å². The van der Waals surface area contributed by atoms with Crippen molar-refractivity contribution in [3.8, 4) is 0 Å². The van der Waals surface area contributed by atoms with Gasteiger partial charge < -0.3 is 33.8 Å². The van der Waals surface area contributed by atoms with E-state index in [1.165, 1.54) is 238 Å². The van der Waals surface area contributed by atoms with Crippen LogP contribution in [0.15, 0.2) is 0 Å². The molecule has 95 heavy (non-hydrogen) atoms. The average molecular weight is 1400 g/mol. The van der Waals surface area contributed by atoms with Gasteiger partial charge in [0.2, 0.25) is 0 Å². The zero-order valence-corrected chi connectivity index (χ0v) is 63.4. The Labute approximate surface area is 581 Å². The molecule has 0 bridgehead atoms. The fourth-order valence-corrected chi connectivity index (χ4v) is 13.3. The lowest BCUT2D eigenvalue weighted by molar-refractivity contribution is -0.161. The van der Waals surface area contributed by atoms with Gasteiger partial charge in [-0.25, -0.2) is 9.13 Å². The molecular weight excluding hydrogens is 1250 g/mol. The monoisotopic (exact) mass is 1400 g/mol. The van der Waals surface area contributed by atoms with Crippen LogP contribution in [-0.2, 0) is 65.4 Å². The molecule has 0 aromatic carbocycles. The third-order valence-corrected chi connectivity index (χ3v) is 19.8. The second-order valence-corrected chi connectivity index (χ2v) is 30.3. The van der Waals surface area contributed by atoms with Gasteiger partial charge in [0.1, 0.15) is 19.3 Å². The maximum absolute atomic E-state index is 13.1. The number of hydrogen-bond donors (Lipinski definition) is 3. The molecule has 0 heterocycles. The van der Waals surface area contributed by atoms with Crippen LogP contribution in [0, 0.1) is 0 Å². The summed E-state index contributed by atoms with van der Waals surface area (Å²) in [5, 5.41) is 10.6. The molecule has 0 saturated carbocycles. The largest absolute Gasteiger partial charge is 0.472 e. The lowest BCUT2D eigenvalue weighted by Crippen LogP contribution is -2.30. The molecule has 0 aliphatic carbocycles. The van der Waals surface area contributed by atoms with E-state index in [1.54, 1.807) is 0 Å². The van der Waals surface area contributed by atoms with Crippen molar-refractivity contribution in [3.05, 3.63) is 0 Å². The van der Waals surface area contributed by atoms with Crippen molar-refractivity contribution in [1.29, 1.82) is 0 Å². The Morgan fingerprint density at radius 1 is 0.253 bits per heavy atom. The summed E-state index contributed by atoms with van der Waals surface area (Å²) in [6.45, 7) is 4.99. The Morgan fingerprint density at radius 2 is 0.421 bits per heavy atom. The molecule has 0 aromatic heterocycles. The Kier molecular flexibility index (Phi) is 69.1. The van der Waals surface area contributed by atoms with E-state index in [0.29, 0.717) is 25.7 Å². The van der Waals surface area contributed by atoms with Crippen molar-refractivity contribution in [3.63, 3.8) is 0 Å². The van der Waals surface area contributed by atoms with E-state index in [4.69, 9.17) is 37.0 Å². The predicted molar refractivity (Wildman–Crippen MR) is 386 cm³/mol. The molecule has 0 radical (unpaired) electrons. The third-order valence-electron chi connectivity index (χ3n) is 17.9. The highest BCUT2D eigenvalue weighted by Gasteiger charge is 2.30. The summed E-state index contributed by atoms with van der Waals surface area (Å²) in [6.07, 6.45) is 60.8. The summed E-state index contributed by atoms with van der Waals surface area (Å²) in [7, 11) is -9.91. The van der Waals surface area contributed by atoms with Crippen LogP contribution in [0.4, 0.5) is 0 Å². The molecule has 0 saturated heterocycles. The van der Waals surface area contributed by atoms with Gasteiger partial charge in [0.05, 0.1) is 26.4 Å². The van der Waals surface area contributed by atoms with Gasteiger partial charge >= 0.3 is 39.5 Å². The molecule has 564 valence electrons. The number of phosphoric acid groups is 2. The van der Waals surface area contributed by atoms with E-state index >= 15 is 0 Å². The summed E-state index contributed by atoms with van der Waals surface area (Å²) in [5.74, 6) is -2.11. The lowest BCUT2D eigenvalue weighted by Gasteiger charge is -2.21. The van der Waals surface area contributed by atoms with Gasteiger partial charge in [-0.15, -0.1) is 0 Å². The summed E-state index contributed by atoms with van der Waals surface area (Å²) >= 11 is 0. The Morgan fingerprint density at radius 3 is 0.621 bits per heavy atom. The minimum absolute atomic E-state index is 0.108. The smallest absolute Gasteiger partial charge is 0.462 e. The second-order valence-electron chi connectivity index (χ2n) is 27.4. The zero-order chi connectivity index (χ0) is 69.7. The van der Waals surface area contributed by atoms with Crippen molar-refractivity contribution in [2.45, 2.75) is 425 Å². The number of rotatable bonds is 77. The van der Waals surface area contributed by atoms with Crippen molar-refractivity contribution >= 4 is 39.5 Å². The molecule has 0 aromatic rings. The number of hydrogen-bond acceptors (Lipinski definition) is 15. The molecule has 5 atom stereocenters. The van der Waals surface area contributed by atoms with Gasteiger partial charge in [-0.2, -0.15) is 0 Å². The van der Waals surface area contributed by atoms with Crippen LogP contribution in [0.5, 0.6) is 0 Å². The van der Waals surface area contributed by atoms with Crippen LogP contribution in [0.3, 0.4) is 0 Å². The Hall–Kier alpha value is -1.94. The zero-order valence-electron chi connectivity index (χ0n) is 61.6. The number of unbranched alkanes of at least 4 members (excludes halogenated alkanes) is 51. The van der Waals surface area contributed by atoms with E-state index < -0.39 is 97.5 Å². The SMILES string of the molecule is CCCCCCCCCCCCCCCCCCCCC(=O)O[C@H](COC(=O)CCCCCCCCCCCCCCCC)COP(=O)(O)OC[C@@H](O)COP(=O)(O)OC[C@@H](COC(=O)CCCCCCCCCCCCC)OC(=O)CCCCCCCCCCCCCC. The quantitative estimate of drug-likeness (QED) is 0.0222. The summed E-state index contributed by atoms with van der Waals surface area (Å²) in [6, 6.07) is 0. The highest BCUT2D eigenvalue weighted by Crippen LogP contribution is 2.45. The van der Waals surface area contributed by atoms with Crippen LogP contribution in [0.2, 0.25) is 0 Å². The normalized spacial score (nSPS) is 13.9. The predicted octanol–water partition coefficient (Wildman–Crippen LogP) is 22.6. The van der Waals surface area contributed by atoms with E-state index in [9.17, 15) is 43.2 Å². The van der Waals surface area contributed by atoms with Gasteiger partial charge in [-0.05, 0) is 25.7 Å². The van der Waals surface area contributed by atoms with Gasteiger partial charge in [-0.3, -0.25) is 37.3 Å². The molecule has 0 aliphatic heterocycles. The summed E-state index contributed by atoms with van der Waals surface area (Å²) < 4.78 is 68.5. The molecule has 0 aliphatic rings. The lowest BCUT2D eigenvalue weighted by atomic mass is 10.0. The Balaban J connectivity index is 5.23. The highest BCUT2D eigenvalue weighted by atomic mass is 31.2. The standard InChI is InChI=1S/C76H148O17P2/c1-5-9-13-17-21-25-29-32-34-35-36-37-39-43-47-51-55-59-63-76(81)93-72(67-87-74(79)61-57-53-49-45-42-38-33-30-26-22-18-14-10-6-2)69-91-95(84,85)89-65-70(77)64-88-94(82,83)90-68-71(66-86-73(78)60-56-52-48-44-40-28-24-20-16-12-8-4)92-75(80)62-58-54-50-46-41-31-27-23-19-15-11-7-3/h70-72,77H,5-69H2,1-4H3,(H,82,83)(H,84,85)/t70-,71+,72+/m0/s1. The minimum Gasteiger partial charge on any atom is -0.462 e. The first-order chi connectivity index (χ1) is 46.2. The summed E-state index contributed by atoms with van der Waals surface area (Å²) in [5.41, 5.74) is 0. The topological polar surface area (TPSA) is 237 Å².